The summed E-state index contributed by atoms with van der Waals surface area (Å²) < 4.78 is 26.7. The third kappa shape index (κ3) is 3.97. The van der Waals surface area contributed by atoms with Gasteiger partial charge in [-0.25, -0.2) is 8.42 Å². The Hall–Kier alpha value is -0.560. The molecule has 20 heavy (non-hydrogen) atoms. The molecule has 0 radical (unpaired) electrons. The molecule has 112 valence electrons. The Bertz CT molecular complexity index is 506. The second-order valence-corrected chi connectivity index (χ2v) is 8.07. The second kappa shape index (κ2) is 7.45. The van der Waals surface area contributed by atoms with E-state index in [1.54, 1.807) is 16.4 Å². The molecule has 2 rings (SSSR count). The maximum atomic E-state index is 12.6. The quantitative estimate of drug-likeness (QED) is 0.898. The molecule has 2 N–H and O–H groups in total. The van der Waals surface area contributed by atoms with Crippen molar-refractivity contribution >= 4 is 21.8 Å². The average Bonchev–Trinajstić information content (AvgIpc) is 2.75. The largest absolute Gasteiger partial charge is 0.330 e. The van der Waals surface area contributed by atoms with Crippen LogP contribution in [0.3, 0.4) is 0 Å². The summed E-state index contributed by atoms with van der Waals surface area (Å²) in [6.07, 6.45) is 2.76. The number of nitrogens with zero attached hydrogens (tertiary/aromatic N) is 1. The van der Waals surface area contributed by atoms with Crippen LogP contribution in [0.4, 0.5) is 0 Å². The summed E-state index contributed by atoms with van der Waals surface area (Å²) in [6.45, 7) is 1.90. The fourth-order valence-electron chi connectivity index (χ4n) is 2.25. The van der Waals surface area contributed by atoms with E-state index < -0.39 is 10.0 Å². The van der Waals surface area contributed by atoms with Gasteiger partial charge < -0.3 is 5.73 Å². The summed E-state index contributed by atoms with van der Waals surface area (Å²) in [4.78, 5) is 0.404. The molecule has 1 aromatic carbocycles. The first-order valence-electron chi connectivity index (χ1n) is 7.01. The van der Waals surface area contributed by atoms with E-state index in [1.807, 2.05) is 23.9 Å². The van der Waals surface area contributed by atoms with Crippen molar-refractivity contribution in [3.05, 3.63) is 29.8 Å². The SMILES string of the molecule is NCCCc1ccc(S(=O)(=O)N2CCCSCC2)cc1. The van der Waals surface area contributed by atoms with Crippen molar-refractivity contribution in [3.63, 3.8) is 0 Å². The lowest BCUT2D eigenvalue weighted by molar-refractivity contribution is 0.435. The summed E-state index contributed by atoms with van der Waals surface area (Å²) in [6, 6.07) is 7.24. The van der Waals surface area contributed by atoms with Crippen molar-refractivity contribution in [2.24, 2.45) is 5.73 Å². The van der Waals surface area contributed by atoms with E-state index in [4.69, 9.17) is 5.73 Å². The lowest BCUT2D eigenvalue weighted by atomic mass is 10.1. The highest BCUT2D eigenvalue weighted by molar-refractivity contribution is 7.99. The van der Waals surface area contributed by atoms with E-state index in [0.29, 0.717) is 24.5 Å². The Balaban J connectivity index is 2.12. The molecular formula is C14H22N2O2S2. The Kier molecular flexibility index (Phi) is 5.89. The fourth-order valence-corrected chi connectivity index (χ4v) is 4.73. The molecule has 0 aromatic heterocycles. The lowest BCUT2D eigenvalue weighted by Gasteiger charge is -2.19. The molecule has 1 aliphatic rings. The minimum atomic E-state index is -3.33. The molecule has 1 aromatic rings. The van der Waals surface area contributed by atoms with Gasteiger partial charge in [-0.05, 0) is 49.3 Å². The summed E-state index contributed by atoms with van der Waals surface area (Å²) in [5.74, 6) is 1.93. The Morgan fingerprint density at radius 3 is 2.60 bits per heavy atom. The number of rotatable bonds is 5. The van der Waals surface area contributed by atoms with E-state index in [2.05, 4.69) is 0 Å². The zero-order valence-electron chi connectivity index (χ0n) is 11.6. The van der Waals surface area contributed by atoms with Gasteiger partial charge in [0.25, 0.3) is 0 Å². The van der Waals surface area contributed by atoms with Gasteiger partial charge in [-0.3, -0.25) is 0 Å². The minimum absolute atomic E-state index is 0.404. The lowest BCUT2D eigenvalue weighted by Crippen LogP contribution is -2.32. The summed E-state index contributed by atoms with van der Waals surface area (Å²) in [5, 5.41) is 0. The topological polar surface area (TPSA) is 63.4 Å². The van der Waals surface area contributed by atoms with E-state index in [1.165, 1.54) is 0 Å². The van der Waals surface area contributed by atoms with Gasteiger partial charge in [0, 0.05) is 18.8 Å². The summed E-state index contributed by atoms with van der Waals surface area (Å²) in [7, 11) is -3.33. The van der Waals surface area contributed by atoms with E-state index in [9.17, 15) is 8.42 Å². The number of aryl methyl sites for hydroxylation is 1. The van der Waals surface area contributed by atoms with Crippen LogP contribution in [0.1, 0.15) is 18.4 Å². The van der Waals surface area contributed by atoms with E-state index in [-0.39, 0.29) is 0 Å². The zero-order chi connectivity index (χ0) is 14.4. The maximum Gasteiger partial charge on any atom is 0.243 e. The van der Waals surface area contributed by atoms with Crippen LogP contribution < -0.4 is 5.73 Å². The van der Waals surface area contributed by atoms with Crippen LogP contribution in [0.5, 0.6) is 0 Å². The van der Waals surface area contributed by atoms with Crippen LogP contribution in [-0.4, -0.2) is 43.9 Å². The number of sulfonamides is 1. The zero-order valence-corrected chi connectivity index (χ0v) is 13.3. The van der Waals surface area contributed by atoms with Crippen LogP contribution in [-0.2, 0) is 16.4 Å². The number of hydrogen-bond acceptors (Lipinski definition) is 4. The molecule has 1 heterocycles. The molecule has 4 nitrogen and oxygen atoms in total. The van der Waals surface area contributed by atoms with Gasteiger partial charge >= 0.3 is 0 Å². The third-order valence-electron chi connectivity index (χ3n) is 3.41. The second-order valence-electron chi connectivity index (χ2n) is 4.91. The van der Waals surface area contributed by atoms with Gasteiger partial charge in [-0.2, -0.15) is 16.1 Å². The number of nitrogens with two attached hydrogens (primary N) is 1. The number of hydrogen-bond donors (Lipinski definition) is 1. The van der Waals surface area contributed by atoms with Gasteiger partial charge in [-0.15, -0.1) is 0 Å². The van der Waals surface area contributed by atoms with Crippen LogP contribution in [0.25, 0.3) is 0 Å². The van der Waals surface area contributed by atoms with E-state index in [0.717, 1.165) is 36.3 Å². The maximum absolute atomic E-state index is 12.6. The standard InChI is InChI=1S/C14H22N2O2S2/c15-8-1-3-13-4-6-14(7-5-13)20(17,18)16-9-2-11-19-12-10-16/h4-7H,1-3,8-12,15H2. The fraction of sp³-hybridized carbons (Fsp3) is 0.571. The molecule has 6 heteroatoms. The van der Waals surface area contributed by atoms with Gasteiger partial charge in [0.05, 0.1) is 4.90 Å². The van der Waals surface area contributed by atoms with Gasteiger partial charge in [0.1, 0.15) is 0 Å². The summed E-state index contributed by atoms with van der Waals surface area (Å²) in [5.41, 5.74) is 6.62. The smallest absolute Gasteiger partial charge is 0.243 e. The molecule has 0 aliphatic carbocycles. The molecule has 1 aliphatic heterocycles. The van der Waals surface area contributed by atoms with Crippen LogP contribution in [0.2, 0.25) is 0 Å². The molecule has 0 spiro atoms. The van der Waals surface area contributed by atoms with Crippen LogP contribution in [0, 0.1) is 0 Å². The highest BCUT2D eigenvalue weighted by Crippen LogP contribution is 2.20. The van der Waals surface area contributed by atoms with Gasteiger partial charge in [0.2, 0.25) is 10.0 Å². The van der Waals surface area contributed by atoms with Crippen molar-refractivity contribution < 1.29 is 8.42 Å². The average molecular weight is 314 g/mol. The predicted molar refractivity (Wildman–Crippen MR) is 84.5 cm³/mol. The van der Waals surface area contributed by atoms with Crippen LogP contribution >= 0.6 is 11.8 Å². The van der Waals surface area contributed by atoms with Crippen molar-refractivity contribution in [1.82, 2.24) is 4.31 Å². The first-order chi connectivity index (χ1) is 9.64. The minimum Gasteiger partial charge on any atom is -0.330 e. The molecule has 0 atom stereocenters. The van der Waals surface area contributed by atoms with Crippen molar-refractivity contribution in [3.8, 4) is 0 Å². The highest BCUT2D eigenvalue weighted by atomic mass is 32.2. The summed E-state index contributed by atoms with van der Waals surface area (Å²) >= 11 is 1.82. The molecular weight excluding hydrogens is 292 g/mol. The first-order valence-corrected chi connectivity index (χ1v) is 9.61. The highest BCUT2D eigenvalue weighted by Gasteiger charge is 2.24. The monoisotopic (exact) mass is 314 g/mol. The van der Waals surface area contributed by atoms with Crippen molar-refractivity contribution in [2.45, 2.75) is 24.2 Å². The molecule has 0 amide bonds. The Labute approximate surface area is 125 Å². The number of benzene rings is 1. The van der Waals surface area contributed by atoms with Crippen molar-refractivity contribution in [2.75, 3.05) is 31.1 Å². The molecule has 1 saturated heterocycles. The molecule has 0 bridgehead atoms. The Morgan fingerprint density at radius 1 is 1.15 bits per heavy atom. The van der Waals surface area contributed by atoms with Gasteiger partial charge in [0.15, 0.2) is 0 Å². The van der Waals surface area contributed by atoms with Crippen LogP contribution in [0.15, 0.2) is 29.2 Å². The molecule has 1 fully saturated rings. The van der Waals surface area contributed by atoms with Gasteiger partial charge in [-0.1, -0.05) is 12.1 Å². The normalized spacial score (nSPS) is 17.9. The van der Waals surface area contributed by atoms with Crippen molar-refractivity contribution in [1.29, 1.82) is 0 Å². The van der Waals surface area contributed by atoms with E-state index >= 15 is 0 Å². The predicted octanol–water partition coefficient (Wildman–Crippen LogP) is 1.71. The number of thioether (sulfide) groups is 1. The molecule has 0 saturated carbocycles. The first kappa shape index (κ1) is 15.8. The molecule has 0 unspecified atom stereocenters. The third-order valence-corrected chi connectivity index (χ3v) is 6.37. The Morgan fingerprint density at radius 2 is 1.90 bits per heavy atom.